The minimum absolute atomic E-state index is 0.0197. The van der Waals surface area contributed by atoms with Crippen molar-refractivity contribution in [2.24, 2.45) is 5.92 Å². The zero-order valence-electron chi connectivity index (χ0n) is 15.0. The van der Waals surface area contributed by atoms with Gasteiger partial charge in [0.05, 0.1) is 31.1 Å². The molecular weight excluding hydrogens is 342 g/mol. The summed E-state index contributed by atoms with van der Waals surface area (Å²) in [6, 6.07) is 11.9. The van der Waals surface area contributed by atoms with Crippen molar-refractivity contribution in [3.8, 4) is 17.0 Å². The minimum Gasteiger partial charge on any atom is -0.494 e. The van der Waals surface area contributed by atoms with Crippen molar-refractivity contribution in [3.05, 3.63) is 60.6 Å². The molecule has 1 aliphatic heterocycles. The van der Waals surface area contributed by atoms with E-state index in [2.05, 4.69) is 37.9 Å². The largest absolute Gasteiger partial charge is 0.494 e. The molecule has 0 radical (unpaired) electrons. The average molecular weight is 363 g/mol. The van der Waals surface area contributed by atoms with Gasteiger partial charge in [0.2, 0.25) is 5.91 Å². The fourth-order valence-electron chi connectivity index (χ4n) is 3.51. The monoisotopic (exact) mass is 363 g/mol. The van der Waals surface area contributed by atoms with Crippen LogP contribution in [0.15, 0.2) is 55.0 Å². The Morgan fingerprint density at radius 3 is 2.81 bits per heavy atom. The van der Waals surface area contributed by atoms with E-state index in [1.807, 2.05) is 18.2 Å². The Morgan fingerprint density at radius 1 is 1.22 bits per heavy atom. The summed E-state index contributed by atoms with van der Waals surface area (Å²) in [5.74, 6) is 0.588. The molecule has 1 saturated heterocycles. The number of aromatic nitrogens is 3. The van der Waals surface area contributed by atoms with Crippen LogP contribution in [0.5, 0.6) is 5.75 Å². The molecule has 138 valence electrons. The molecule has 1 aromatic carbocycles. The van der Waals surface area contributed by atoms with Crippen molar-refractivity contribution in [1.29, 1.82) is 0 Å². The predicted octanol–water partition coefficient (Wildman–Crippen LogP) is 2.42. The zero-order valence-corrected chi connectivity index (χ0v) is 15.0. The molecule has 3 heterocycles. The molecule has 2 aromatic heterocycles. The number of aromatic amines is 1. The van der Waals surface area contributed by atoms with Gasteiger partial charge in [-0.05, 0) is 5.56 Å². The van der Waals surface area contributed by atoms with Gasteiger partial charge in [-0.15, -0.1) is 0 Å². The lowest BCUT2D eigenvalue weighted by atomic mass is 9.88. The van der Waals surface area contributed by atoms with Crippen LogP contribution in [0, 0.1) is 5.92 Å². The van der Waals surface area contributed by atoms with Gasteiger partial charge >= 0.3 is 0 Å². The van der Waals surface area contributed by atoms with Gasteiger partial charge in [-0.25, -0.2) is 0 Å². The fraction of sp³-hybridized carbons (Fsp3) is 0.250. The number of rotatable bonds is 5. The van der Waals surface area contributed by atoms with E-state index in [4.69, 9.17) is 4.74 Å². The number of carbonyl (C=O) groups excluding carboxylic acids is 1. The Morgan fingerprint density at radius 2 is 2.07 bits per heavy atom. The fourth-order valence-corrected chi connectivity index (χ4v) is 3.51. The molecule has 27 heavy (non-hydrogen) atoms. The third-order valence-corrected chi connectivity index (χ3v) is 4.89. The number of carbonyl (C=O) groups is 1. The Balaban J connectivity index is 1.52. The SMILES string of the molecule is COc1cc(NC(=O)C2CNCC2c2ccccc2)cnc1-c1cn[nH]c1. The molecule has 1 aliphatic rings. The van der Waals surface area contributed by atoms with E-state index >= 15 is 0 Å². The van der Waals surface area contributed by atoms with Gasteiger partial charge in [-0.2, -0.15) is 5.10 Å². The molecule has 0 bridgehead atoms. The molecule has 0 saturated carbocycles. The summed E-state index contributed by atoms with van der Waals surface area (Å²) in [6.07, 6.45) is 5.07. The second kappa shape index (κ2) is 7.59. The molecule has 3 N–H and O–H groups in total. The number of hydrogen-bond donors (Lipinski definition) is 3. The molecule has 4 rings (SSSR count). The number of ether oxygens (including phenoxy) is 1. The maximum atomic E-state index is 12.9. The average Bonchev–Trinajstić information content (AvgIpc) is 3.40. The Hall–Kier alpha value is -3.19. The van der Waals surface area contributed by atoms with Crippen LogP contribution >= 0.6 is 0 Å². The van der Waals surface area contributed by atoms with Gasteiger partial charge in [0.15, 0.2) is 0 Å². The summed E-state index contributed by atoms with van der Waals surface area (Å²) in [6.45, 7) is 1.45. The molecule has 0 aliphatic carbocycles. The number of pyridine rings is 1. The number of anilines is 1. The highest BCUT2D eigenvalue weighted by Crippen LogP contribution is 2.31. The zero-order chi connectivity index (χ0) is 18.6. The molecule has 2 unspecified atom stereocenters. The highest BCUT2D eigenvalue weighted by Gasteiger charge is 2.34. The summed E-state index contributed by atoms with van der Waals surface area (Å²) >= 11 is 0. The standard InChI is InChI=1S/C20H21N5O2/c1-27-18-7-15(10-22-19(18)14-8-23-24-9-14)25-20(26)17-12-21-11-16(17)13-5-3-2-4-6-13/h2-10,16-17,21H,11-12H2,1H3,(H,23,24)(H,25,26). The van der Waals surface area contributed by atoms with Crippen LogP contribution in [0.3, 0.4) is 0 Å². The summed E-state index contributed by atoms with van der Waals surface area (Å²) in [4.78, 5) is 17.3. The van der Waals surface area contributed by atoms with E-state index in [1.54, 1.807) is 31.8 Å². The van der Waals surface area contributed by atoms with Crippen molar-refractivity contribution in [1.82, 2.24) is 20.5 Å². The van der Waals surface area contributed by atoms with Crippen molar-refractivity contribution in [2.75, 3.05) is 25.5 Å². The van der Waals surface area contributed by atoms with Crippen LogP contribution in [0.1, 0.15) is 11.5 Å². The maximum Gasteiger partial charge on any atom is 0.229 e. The van der Waals surface area contributed by atoms with Crippen LogP contribution in [-0.4, -0.2) is 41.3 Å². The highest BCUT2D eigenvalue weighted by atomic mass is 16.5. The van der Waals surface area contributed by atoms with Crippen molar-refractivity contribution in [3.63, 3.8) is 0 Å². The lowest BCUT2D eigenvalue weighted by molar-refractivity contribution is -0.119. The molecular formula is C20H21N5O2. The smallest absolute Gasteiger partial charge is 0.229 e. The van der Waals surface area contributed by atoms with Gasteiger partial charge in [-0.1, -0.05) is 30.3 Å². The van der Waals surface area contributed by atoms with Gasteiger partial charge in [0.25, 0.3) is 0 Å². The van der Waals surface area contributed by atoms with Crippen molar-refractivity contribution < 1.29 is 9.53 Å². The van der Waals surface area contributed by atoms with Crippen LogP contribution in [0.2, 0.25) is 0 Å². The van der Waals surface area contributed by atoms with E-state index in [0.29, 0.717) is 23.7 Å². The first-order valence-corrected chi connectivity index (χ1v) is 8.86. The number of H-pyrrole nitrogens is 1. The summed E-state index contributed by atoms with van der Waals surface area (Å²) in [5, 5.41) is 13.0. The maximum absolute atomic E-state index is 12.9. The van der Waals surface area contributed by atoms with Crippen LogP contribution in [0.25, 0.3) is 11.3 Å². The van der Waals surface area contributed by atoms with E-state index < -0.39 is 0 Å². The van der Waals surface area contributed by atoms with E-state index in [-0.39, 0.29) is 17.7 Å². The highest BCUT2D eigenvalue weighted by molar-refractivity contribution is 5.94. The number of nitrogens with zero attached hydrogens (tertiary/aromatic N) is 2. The van der Waals surface area contributed by atoms with Crippen LogP contribution in [-0.2, 0) is 4.79 Å². The topological polar surface area (TPSA) is 91.9 Å². The Kier molecular flexibility index (Phi) is 4.84. The normalized spacial score (nSPS) is 19.0. The summed E-state index contributed by atoms with van der Waals surface area (Å²) in [7, 11) is 1.58. The van der Waals surface area contributed by atoms with Gasteiger partial charge in [0, 0.05) is 36.8 Å². The quantitative estimate of drug-likeness (QED) is 0.647. The Bertz CT molecular complexity index is 911. The molecule has 1 fully saturated rings. The number of benzene rings is 1. The van der Waals surface area contributed by atoms with Gasteiger partial charge in [-0.3, -0.25) is 14.9 Å². The molecule has 7 heteroatoms. The summed E-state index contributed by atoms with van der Waals surface area (Å²) in [5.41, 5.74) is 3.29. The van der Waals surface area contributed by atoms with Crippen LogP contribution < -0.4 is 15.4 Å². The first kappa shape index (κ1) is 17.2. The first-order valence-electron chi connectivity index (χ1n) is 8.86. The predicted molar refractivity (Wildman–Crippen MR) is 103 cm³/mol. The molecule has 0 spiro atoms. The lowest BCUT2D eigenvalue weighted by Crippen LogP contribution is -2.28. The summed E-state index contributed by atoms with van der Waals surface area (Å²) < 4.78 is 5.44. The van der Waals surface area contributed by atoms with Crippen LogP contribution in [0.4, 0.5) is 5.69 Å². The molecule has 7 nitrogen and oxygen atoms in total. The molecule has 3 aromatic rings. The number of methoxy groups -OCH3 is 1. The lowest BCUT2D eigenvalue weighted by Gasteiger charge is -2.19. The van der Waals surface area contributed by atoms with E-state index in [9.17, 15) is 4.79 Å². The van der Waals surface area contributed by atoms with E-state index in [0.717, 1.165) is 12.1 Å². The third kappa shape index (κ3) is 3.54. The van der Waals surface area contributed by atoms with Gasteiger partial charge in [0.1, 0.15) is 11.4 Å². The molecule has 1 amide bonds. The van der Waals surface area contributed by atoms with E-state index in [1.165, 1.54) is 5.56 Å². The van der Waals surface area contributed by atoms with Crippen molar-refractivity contribution >= 4 is 11.6 Å². The van der Waals surface area contributed by atoms with Gasteiger partial charge < -0.3 is 15.4 Å². The second-order valence-corrected chi connectivity index (χ2v) is 6.53. The molecule has 2 atom stereocenters. The first-order chi connectivity index (χ1) is 13.3. The van der Waals surface area contributed by atoms with Crippen molar-refractivity contribution in [2.45, 2.75) is 5.92 Å². The number of hydrogen-bond acceptors (Lipinski definition) is 5. The third-order valence-electron chi connectivity index (χ3n) is 4.89. The number of nitrogens with one attached hydrogen (secondary N) is 3. The second-order valence-electron chi connectivity index (χ2n) is 6.53. The number of amides is 1. The minimum atomic E-state index is -0.132. The Labute approximate surface area is 157 Å².